The Morgan fingerprint density at radius 1 is 1.15 bits per heavy atom. The van der Waals surface area contributed by atoms with Crippen LogP contribution in [0.5, 0.6) is 11.5 Å². The van der Waals surface area contributed by atoms with Crippen LogP contribution < -0.4 is 15.4 Å². The second kappa shape index (κ2) is 5.66. The number of benzene rings is 2. The van der Waals surface area contributed by atoms with E-state index in [1.54, 1.807) is 12.1 Å². The van der Waals surface area contributed by atoms with Crippen LogP contribution in [-0.4, -0.2) is 22.4 Å². The lowest BCUT2D eigenvalue weighted by Gasteiger charge is -2.49. The minimum atomic E-state index is -0.806. The van der Waals surface area contributed by atoms with Crippen molar-refractivity contribution in [1.29, 1.82) is 0 Å². The van der Waals surface area contributed by atoms with Gasteiger partial charge in [0.1, 0.15) is 11.5 Å². The monoisotopic (exact) mass is 352 g/mol. The summed E-state index contributed by atoms with van der Waals surface area (Å²) < 4.78 is 6.35. The van der Waals surface area contributed by atoms with Gasteiger partial charge in [-0.3, -0.25) is 0 Å². The number of phenols is 1. The molecule has 26 heavy (non-hydrogen) atoms. The average molecular weight is 352 g/mol. The minimum absolute atomic E-state index is 0.0785. The predicted molar refractivity (Wildman–Crippen MR) is 99.5 cm³/mol. The number of urea groups is 1. The zero-order chi connectivity index (χ0) is 18.5. The van der Waals surface area contributed by atoms with E-state index in [-0.39, 0.29) is 23.2 Å². The molecule has 2 aromatic carbocycles. The number of hydrogen-bond acceptors (Lipinski definition) is 3. The average Bonchev–Trinajstić information content (AvgIpc) is 2.51. The van der Waals surface area contributed by atoms with E-state index in [2.05, 4.69) is 22.8 Å². The number of fused-ring (bicyclic) bond motifs is 1. The first-order valence-corrected chi connectivity index (χ1v) is 8.95. The Kier molecular flexibility index (Phi) is 3.65. The quantitative estimate of drug-likeness (QED) is 0.731. The third-order valence-corrected chi connectivity index (χ3v) is 5.24. The summed E-state index contributed by atoms with van der Waals surface area (Å²) in [5, 5.41) is 16.0. The minimum Gasteiger partial charge on any atom is -0.508 e. The molecular weight excluding hydrogens is 328 g/mol. The smallest absolute Gasteiger partial charge is 0.318 e. The van der Waals surface area contributed by atoms with Crippen LogP contribution in [0.25, 0.3) is 0 Å². The van der Waals surface area contributed by atoms with Crippen molar-refractivity contribution in [2.45, 2.75) is 50.8 Å². The van der Waals surface area contributed by atoms with Gasteiger partial charge in [-0.2, -0.15) is 0 Å². The van der Waals surface area contributed by atoms with E-state index in [1.807, 2.05) is 39.0 Å². The Hall–Kier alpha value is -2.69. The maximum absolute atomic E-state index is 12.3. The van der Waals surface area contributed by atoms with Gasteiger partial charge in [-0.15, -0.1) is 0 Å². The van der Waals surface area contributed by atoms with Crippen molar-refractivity contribution in [2.75, 3.05) is 0 Å². The zero-order valence-electron chi connectivity index (χ0n) is 15.3. The molecule has 4 rings (SSSR count). The maximum Gasteiger partial charge on any atom is 0.318 e. The van der Waals surface area contributed by atoms with Crippen LogP contribution in [0.15, 0.2) is 42.5 Å². The Bertz CT molecular complexity index is 863. The van der Waals surface area contributed by atoms with Crippen molar-refractivity contribution in [3.05, 3.63) is 59.2 Å². The molecule has 2 amide bonds. The normalized spacial score (nSPS) is 26.4. The summed E-state index contributed by atoms with van der Waals surface area (Å²) >= 11 is 0. The molecule has 0 aromatic heterocycles. The summed E-state index contributed by atoms with van der Waals surface area (Å²) in [5.74, 6) is 0.889. The number of aromatic hydroxyl groups is 1. The predicted octanol–water partition coefficient (Wildman–Crippen LogP) is 3.79. The molecule has 2 heterocycles. The standard InChI is InChI=1S/C21H24N2O3/c1-13-9-15(24)10-17-18(13)16(14-7-5-4-6-8-14)11-21(26-17)12-20(2,3)22-19(25)23-21/h4-10,16,24H,11-12H2,1-3H3,(H2,22,23,25)/t16-,21-/m1/s1. The first-order valence-electron chi connectivity index (χ1n) is 8.95. The van der Waals surface area contributed by atoms with Crippen LogP contribution in [0.3, 0.4) is 0 Å². The Morgan fingerprint density at radius 2 is 1.88 bits per heavy atom. The van der Waals surface area contributed by atoms with Gasteiger partial charge in [0.2, 0.25) is 0 Å². The highest BCUT2D eigenvalue weighted by Gasteiger charge is 2.50. The molecule has 2 aromatic rings. The summed E-state index contributed by atoms with van der Waals surface area (Å²) in [4.78, 5) is 12.3. The van der Waals surface area contributed by atoms with Crippen LogP contribution in [0.2, 0.25) is 0 Å². The van der Waals surface area contributed by atoms with E-state index in [1.165, 1.54) is 5.56 Å². The van der Waals surface area contributed by atoms with E-state index in [0.29, 0.717) is 18.6 Å². The van der Waals surface area contributed by atoms with Crippen molar-refractivity contribution >= 4 is 6.03 Å². The first-order chi connectivity index (χ1) is 12.3. The van der Waals surface area contributed by atoms with E-state index >= 15 is 0 Å². The fourth-order valence-corrected chi connectivity index (χ4v) is 4.47. The number of rotatable bonds is 1. The fourth-order valence-electron chi connectivity index (χ4n) is 4.47. The SMILES string of the molecule is Cc1cc(O)cc2c1[C@@H](c1ccccc1)C[C@]1(CC(C)(C)NC(=O)N1)O2. The molecule has 0 unspecified atom stereocenters. The number of phenolic OH excluding ortho intramolecular Hbond substituents is 1. The molecule has 2 aliphatic rings. The molecule has 1 saturated heterocycles. The molecule has 1 fully saturated rings. The number of carbonyl (C=O) groups excluding carboxylic acids is 1. The second-order valence-electron chi connectivity index (χ2n) is 8.08. The fraction of sp³-hybridized carbons (Fsp3) is 0.381. The molecule has 5 heteroatoms. The number of hydrogen-bond donors (Lipinski definition) is 3. The van der Waals surface area contributed by atoms with Crippen molar-refractivity contribution in [3.63, 3.8) is 0 Å². The van der Waals surface area contributed by atoms with Crippen molar-refractivity contribution in [3.8, 4) is 11.5 Å². The molecule has 0 aliphatic carbocycles. The van der Waals surface area contributed by atoms with Crippen molar-refractivity contribution in [1.82, 2.24) is 10.6 Å². The van der Waals surface area contributed by atoms with Gasteiger partial charge in [-0.05, 0) is 38.0 Å². The van der Waals surface area contributed by atoms with Gasteiger partial charge in [-0.1, -0.05) is 30.3 Å². The van der Waals surface area contributed by atoms with E-state index < -0.39 is 5.72 Å². The molecule has 2 aliphatic heterocycles. The van der Waals surface area contributed by atoms with Gasteiger partial charge in [0.15, 0.2) is 5.72 Å². The van der Waals surface area contributed by atoms with Gasteiger partial charge in [-0.25, -0.2) is 4.79 Å². The lowest BCUT2D eigenvalue weighted by Crippen LogP contribution is -2.69. The van der Waals surface area contributed by atoms with Crippen LogP contribution in [0.1, 0.15) is 49.3 Å². The van der Waals surface area contributed by atoms with E-state index in [0.717, 1.165) is 11.1 Å². The lowest BCUT2D eigenvalue weighted by molar-refractivity contribution is -0.0237. The van der Waals surface area contributed by atoms with Gasteiger partial charge in [0.05, 0.1) is 0 Å². The summed E-state index contributed by atoms with van der Waals surface area (Å²) in [6.45, 7) is 5.98. The molecule has 5 nitrogen and oxygen atoms in total. The van der Waals surface area contributed by atoms with Gasteiger partial charge in [0.25, 0.3) is 0 Å². The van der Waals surface area contributed by atoms with E-state index in [9.17, 15) is 9.90 Å². The van der Waals surface area contributed by atoms with Crippen LogP contribution in [-0.2, 0) is 0 Å². The number of aryl methyl sites for hydroxylation is 1. The van der Waals surface area contributed by atoms with Gasteiger partial charge in [0, 0.05) is 35.9 Å². The highest BCUT2D eigenvalue weighted by molar-refractivity contribution is 5.77. The van der Waals surface area contributed by atoms with Gasteiger partial charge >= 0.3 is 6.03 Å². The highest BCUT2D eigenvalue weighted by Crippen LogP contribution is 2.48. The highest BCUT2D eigenvalue weighted by atomic mass is 16.5. The van der Waals surface area contributed by atoms with Crippen LogP contribution in [0, 0.1) is 6.92 Å². The number of nitrogens with one attached hydrogen (secondary N) is 2. The topological polar surface area (TPSA) is 70.6 Å². The third kappa shape index (κ3) is 2.87. The number of amides is 2. The Labute approximate surface area is 153 Å². The lowest BCUT2D eigenvalue weighted by atomic mass is 9.76. The largest absolute Gasteiger partial charge is 0.508 e. The number of carbonyl (C=O) groups is 1. The molecule has 0 bridgehead atoms. The molecule has 3 N–H and O–H groups in total. The molecule has 0 radical (unpaired) electrons. The summed E-state index contributed by atoms with van der Waals surface area (Å²) in [5.41, 5.74) is 2.05. The molecule has 0 saturated carbocycles. The Balaban J connectivity index is 1.86. The zero-order valence-corrected chi connectivity index (χ0v) is 15.3. The van der Waals surface area contributed by atoms with Gasteiger partial charge < -0.3 is 20.5 Å². The van der Waals surface area contributed by atoms with Crippen LogP contribution in [0.4, 0.5) is 4.79 Å². The molecule has 136 valence electrons. The molecule has 1 spiro atoms. The number of ether oxygens (including phenoxy) is 1. The third-order valence-electron chi connectivity index (χ3n) is 5.24. The summed E-state index contributed by atoms with van der Waals surface area (Å²) in [6, 6.07) is 13.4. The maximum atomic E-state index is 12.3. The second-order valence-corrected chi connectivity index (χ2v) is 8.08. The first kappa shape index (κ1) is 16.8. The molecule has 2 atom stereocenters. The van der Waals surface area contributed by atoms with E-state index in [4.69, 9.17) is 4.74 Å². The summed E-state index contributed by atoms with van der Waals surface area (Å²) in [7, 11) is 0. The van der Waals surface area contributed by atoms with Crippen molar-refractivity contribution in [2.24, 2.45) is 0 Å². The van der Waals surface area contributed by atoms with Crippen LogP contribution >= 0.6 is 0 Å². The summed E-state index contributed by atoms with van der Waals surface area (Å²) in [6.07, 6.45) is 1.27. The molecular formula is C21H24N2O3. The Morgan fingerprint density at radius 3 is 2.58 bits per heavy atom. The van der Waals surface area contributed by atoms with Crippen molar-refractivity contribution < 1.29 is 14.6 Å².